The summed E-state index contributed by atoms with van der Waals surface area (Å²) in [6.45, 7) is 5.07. The Hall–Kier alpha value is -1.10. The molecule has 1 radical (unpaired) electrons. The van der Waals surface area contributed by atoms with Gasteiger partial charge in [-0.05, 0) is 13.5 Å². The highest BCUT2D eigenvalue weighted by Gasteiger charge is 2.20. The van der Waals surface area contributed by atoms with Crippen molar-refractivity contribution in [3.63, 3.8) is 0 Å². The fraction of sp³-hybridized carbons (Fsp3) is 0.727. The molecule has 0 aromatic heterocycles. The number of nitrogens with zero attached hydrogens (tertiary/aromatic N) is 2. The van der Waals surface area contributed by atoms with E-state index in [1.54, 1.807) is 13.3 Å². The van der Waals surface area contributed by atoms with E-state index in [0.717, 1.165) is 26.2 Å². The van der Waals surface area contributed by atoms with Crippen molar-refractivity contribution < 1.29 is 9.59 Å². The molecule has 1 aliphatic rings. The zero-order chi connectivity index (χ0) is 12.1. The number of carbonyl (C=O) groups excluding carboxylic acids is 2. The molecule has 0 bridgehead atoms. The zero-order valence-corrected chi connectivity index (χ0v) is 9.98. The van der Waals surface area contributed by atoms with Gasteiger partial charge in [-0.2, -0.15) is 0 Å². The van der Waals surface area contributed by atoms with Gasteiger partial charge in [0.15, 0.2) is 0 Å². The van der Waals surface area contributed by atoms with Gasteiger partial charge in [-0.3, -0.25) is 9.59 Å². The van der Waals surface area contributed by atoms with E-state index in [0.29, 0.717) is 6.42 Å². The van der Waals surface area contributed by atoms with Gasteiger partial charge in [0.1, 0.15) is 0 Å². The van der Waals surface area contributed by atoms with Gasteiger partial charge >= 0.3 is 0 Å². The summed E-state index contributed by atoms with van der Waals surface area (Å²) in [5.41, 5.74) is 5.13. The molecular formula is C11H20N3O2. The second-order valence-corrected chi connectivity index (χ2v) is 4.37. The molecule has 1 atom stereocenters. The van der Waals surface area contributed by atoms with Crippen LogP contribution in [0.3, 0.4) is 0 Å². The van der Waals surface area contributed by atoms with Crippen molar-refractivity contribution in [1.82, 2.24) is 9.80 Å². The second kappa shape index (κ2) is 5.84. The van der Waals surface area contributed by atoms with E-state index in [1.165, 1.54) is 0 Å². The first-order valence-electron chi connectivity index (χ1n) is 5.60. The lowest BCUT2D eigenvalue weighted by molar-refractivity contribution is -0.129. The van der Waals surface area contributed by atoms with E-state index in [1.807, 2.05) is 11.9 Å². The van der Waals surface area contributed by atoms with Gasteiger partial charge in [0, 0.05) is 32.1 Å². The SMILES string of the molecule is C[C@@H](C[CH]C(=O)N1CCN(C)CC1)C(N)=O. The number of carbonyl (C=O) groups is 2. The van der Waals surface area contributed by atoms with Crippen LogP contribution in [0.15, 0.2) is 0 Å². The fourth-order valence-corrected chi connectivity index (χ4v) is 1.55. The molecule has 1 aliphatic heterocycles. The summed E-state index contributed by atoms with van der Waals surface area (Å²) in [6, 6.07) is 0. The van der Waals surface area contributed by atoms with E-state index < -0.39 is 0 Å². The molecule has 2 amide bonds. The number of hydrogen-bond acceptors (Lipinski definition) is 3. The van der Waals surface area contributed by atoms with E-state index in [-0.39, 0.29) is 17.7 Å². The fourth-order valence-electron chi connectivity index (χ4n) is 1.55. The third kappa shape index (κ3) is 3.81. The maximum atomic E-state index is 11.7. The summed E-state index contributed by atoms with van der Waals surface area (Å²) < 4.78 is 0. The van der Waals surface area contributed by atoms with Gasteiger partial charge in [0.25, 0.3) is 0 Å². The molecule has 1 rings (SSSR count). The van der Waals surface area contributed by atoms with Crippen molar-refractivity contribution in [3.8, 4) is 0 Å². The number of nitrogens with two attached hydrogens (primary N) is 1. The highest BCUT2D eigenvalue weighted by Crippen LogP contribution is 2.07. The first-order chi connectivity index (χ1) is 7.50. The Labute approximate surface area is 96.6 Å². The minimum Gasteiger partial charge on any atom is -0.369 e. The topological polar surface area (TPSA) is 66.6 Å². The quantitative estimate of drug-likeness (QED) is 0.701. The Morgan fingerprint density at radius 1 is 1.31 bits per heavy atom. The molecule has 91 valence electrons. The summed E-state index contributed by atoms with van der Waals surface area (Å²) in [5, 5.41) is 0. The smallest absolute Gasteiger partial charge is 0.226 e. The highest BCUT2D eigenvalue weighted by molar-refractivity contribution is 5.86. The van der Waals surface area contributed by atoms with E-state index in [2.05, 4.69) is 4.90 Å². The number of piperazine rings is 1. The number of rotatable bonds is 4. The van der Waals surface area contributed by atoms with Crippen molar-refractivity contribution in [2.75, 3.05) is 33.2 Å². The van der Waals surface area contributed by atoms with Crippen LogP contribution in [0.2, 0.25) is 0 Å². The molecule has 1 saturated heterocycles. The third-order valence-corrected chi connectivity index (χ3v) is 2.95. The average Bonchev–Trinajstić information content (AvgIpc) is 2.26. The van der Waals surface area contributed by atoms with Crippen molar-refractivity contribution in [2.24, 2.45) is 11.7 Å². The minimum atomic E-state index is -0.359. The Kier molecular flexibility index (Phi) is 4.73. The van der Waals surface area contributed by atoms with E-state index in [9.17, 15) is 9.59 Å². The summed E-state index contributed by atoms with van der Waals surface area (Å²) in [6.07, 6.45) is 2.00. The molecule has 5 nitrogen and oxygen atoms in total. The van der Waals surface area contributed by atoms with Gasteiger partial charge in [-0.1, -0.05) is 6.92 Å². The standard InChI is InChI=1S/C11H20N3O2/c1-9(11(12)16)3-4-10(15)14-7-5-13(2)6-8-14/h4,9H,3,5-8H2,1-2H3,(H2,12,16)/t9-/m0/s1. The lowest BCUT2D eigenvalue weighted by Crippen LogP contribution is -2.47. The first kappa shape index (κ1) is 13.0. The molecule has 0 aromatic rings. The van der Waals surface area contributed by atoms with Crippen LogP contribution in [0, 0.1) is 12.3 Å². The average molecular weight is 226 g/mol. The van der Waals surface area contributed by atoms with E-state index in [4.69, 9.17) is 5.73 Å². The van der Waals surface area contributed by atoms with Crippen molar-refractivity contribution in [3.05, 3.63) is 6.42 Å². The summed E-state index contributed by atoms with van der Waals surface area (Å²) in [7, 11) is 2.04. The Balaban J connectivity index is 2.27. The van der Waals surface area contributed by atoms with Crippen LogP contribution in [-0.2, 0) is 9.59 Å². The molecule has 2 N–H and O–H groups in total. The molecule has 0 unspecified atom stereocenters. The van der Waals surface area contributed by atoms with Crippen LogP contribution >= 0.6 is 0 Å². The van der Waals surface area contributed by atoms with Gasteiger partial charge in [-0.15, -0.1) is 0 Å². The molecule has 16 heavy (non-hydrogen) atoms. The molecule has 0 aromatic carbocycles. The van der Waals surface area contributed by atoms with Crippen LogP contribution in [-0.4, -0.2) is 54.8 Å². The number of primary amides is 1. The van der Waals surface area contributed by atoms with Gasteiger partial charge < -0.3 is 15.5 Å². The molecule has 0 aliphatic carbocycles. The van der Waals surface area contributed by atoms with Crippen LogP contribution in [0.4, 0.5) is 0 Å². The largest absolute Gasteiger partial charge is 0.369 e. The summed E-state index contributed by atoms with van der Waals surface area (Å²) in [4.78, 5) is 26.5. The molecule has 0 spiro atoms. The monoisotopic (exact) mass is 226 g/mol. The number of likely N-dealkylation sites (N-methyl/N-ethyl adjacent to an activating group) is 1. The lowest BCUT2D eigenvalue weighted by Gasteiger charge is -2.32. The Morgan fingerprint density at radius 2 is 1.88 bits per heavy atom. The minimum absolute atomic E-state index is 0.0150. The zero-order valence-electron chi connectivity index (χ0n) is 9.98. The van der Waals surface area contributed by atoms with Crippen LogP contribution in [0.1, 0.15) is 13.3 Å². The van der Waals surface area contributed by atoms with Crippen molar-refractivity contribution >= 4 is 11.8 Å². The summed E-state index contributed by atoms with van der Waals surface area (Å²) >= 11 is 0. The van der Waals surface area contributed by atoms with Crippen LogP contribution < -0.4 is 5.73 Å². The van der Waals surface area contributed by atoms with Crippen molar-refractivity contribution in [1.29, 1.82) is 0 Å². The predicted octanol–water partition coefficient (Wildman–Crippen LogP) is -0.524. The number of hydrogen-bond donors (Lipinski definition) is 1. The van der Waals surface area contributed by atoms with Gasteiger partial charge in [-0.25, -0.2) is 0 Å². The van der Waals surface area contributed by atoms with Gasteiger partial charge in [0.2, 0.25) is 11.8 Å². The second-order valence-electron chi connectivity index (χ2n) is 4.37. The maximum absolute atomic E-state index is 11.7. The molecule has 0 saturated carbocycles. The Morgan fingerprint density at radius 3 is 2.38 bits per heavy atom. The lowest BCUT2D eigenvalue weighted by atomic mass is 10.0. The molecule has 1 fully saturated rings. The normalized spacial score (nSPS) is 19.5. The summed E-state index contributed by atoms with van der Waals surface area (Å²) in [5.74, 6) is -0.611. The predicted molar refractivity (Wildman–Crippen MR) is 61.4 cm³/mol. The maximum Gasteiger partial charge on any atom is 0.226 e. The Bertz CT molecular complexity index is 260. The van der Waals surface area contributed by atoms with Crippen LogP contribution in [0.5, 0.6) is 0 Å². The van der Waals surface area contributed by atoms with Crippen LogP contribution in [0.25, 0.3) is 0 Å². The van der Waals surface area contributed by atoms with Crippen molar-refractivity contribution in [2.45, 2.75) is 13.3 Å². The molecule has 1 heterocycles. The number of amides is 2. The first-order valence-corrected chi connectivity index (χ1v) is 5.60. The third-order valence-electron chi connectivity index (χ3n) is 2.95. The highest BCUT2D eigenvalue weighted by atomic mass is 16.2. The molecular weight excluding hydrogens is 206 g/mol. The molecule has 5 heteroatoms. The van der Waals surface area contributed by atoms with Gasteiger partial charge in [0.05, 0.1) is 6.42 Å². The van der Waals surface area contributed by atoms with E-state index >= 15 is 0 Å².